The van der Waals surface area contributed by atoms with Gasteiger partial charge >= 0.3 is 5.97 Å². The molecule has 4 heteroatoms. The van der Waals surface area contributed by atoms with Gasteiger partial charge in [0.25, 0.3) is 0 Å². The zero-order valence-corrected chi connectivity index (χ0v) is 9.83. The van der Waals surface area contributed by atoms with E-state index in [1.165, 1.54) is 0 Å². The Kier molecular flexibility index (Phi) is 8.79. The molecule has 0 aromatic heterocycles. The lowest BCUT2D eigenvalue weighted by molar-refractivity contribution is -0.147. The Labute approximate surface area is 86.4 Å². The second kappa shape index (κ2) is 7.76. The molecule has 0 heterocycles. The van der Waals surface area contributed by atoms with Gasteiger partial charge in [-0.3, -0.25) is 4.79 Å². The molecule has 0 amide bonds. The largest absolute Gasteiger partial charge is 0.481 e. The number of carboxylic acid groups (broad SMARTS) is 1. The predicted octanol–water partition coefficient (Wildman–Crippen LogP) is 1.49. The molecule has 0 aromatic rings. The van der Waals surface area contributed by atoms with Crippen LogP contribution in [0.15, 0.2) is 0 Å². The summed E-state index contributed by atoms with van der Waals surface area (Å²) >= 11 is 0. The Balaban J connectivity index is 0. The van der Waals surface area contributed by atoms with Crippen molar-refractivity contribution >= 4 is 5.97 Å². The number of hydrogen-bond acceptors (Lipinski definition) is 3. The van der Waals surface area contributed by atoms with E-state index < -0.39 is 11.4 Å². The lowest BCUT2D eigenvalue weighted by atomic mass is 9.86. The third-order valence-electron chi connectivity index (χ3n) is 2.10. The smallest absolute Gasteiger partial charge is 0.310 e. The second-order valence-electron chi connectivity index (χ2n) is 3.60. The fourth-order valence-electron chi connectivity index (χ4n) is 0.399. The number of ether oxygens (including phenoxy) is 1. The molecule has 0 radical (unpaired) electrons. The molecule has 0 aromatic carbocycles. The van der Waals surface area contributed by atoms with Crippen molar-refractivity contribution in [2.45, 2.75) is 40.7 Å². The van der Waals surface area contributed by atoms with Crippen molar-refractivity contribution in [3.63, 3.8) is 0 Å². The highest BCUT2D eigenvalue weighted by Crippen LogP contribution is 2.17. The van der Waals surface area contributed by atoms with Crippen molar-refractivity contribution in [3.05, 3.63) is 0 Å². The van der Waals surface area contributed by atoms with Crippen LogP contribution in [-0.4, -0.2) is 30.3 Å². The van der Waals surface area contributed by atoms with Crippen molar-refractivity contribution < 1.29 is 14.6 Å². The molecule has 0 fully saturated rings. The summed E-state index contributed by atoms with van der Waals surface area (Å²) in [5, 5.41) is 8.53. The van der Waals surface area contributed by atoms with E-state index in [4.69, 9.17) is 15.6 Å². The lowest BCUT2D eigenvalue weighted by Gasteiger charge is -2.22. The number of carbonyl (C=O) groups is 1. The molecule has 4 nitrogen and oxygen atoms in total. The molecule has 0 rings (SSSR count). The zero-order chi connectivity index (χ0) is 11.8. The summed E-state index contributed by atoms with van der Waals surface area (Å²) in [6.07, 6.45) is 0. The first-order valence-corrected chi connectivity index (χ1v) is 4.87. The first kappa shape index (κ1) is 15.8. The van der Waals surface area contributed by atoms with Gasteiger partial charge in [0.2, 0.25) is 0 Å². The molecular weight excluding hydrogens is 182 g/mol. The quantitative estimate of drug-likeness (QED) is 0.729. The first-order chi connectivity index (χ1) is 6.30. The molecule has 0 saturated heterocycles. The number of rotatable bonds is 4. The van der Waals surface area contributed by atoms with Gasteiger partial charge in [-0.25, -0.2) is 0 Å². The molecule has 14 heavy (non-hydrogen) atoms. The van der Waals surface area contributed by atoms with E-state index in [-0.39, 0.29) is 6.04 Å². The Morgan fingerprint density at radius 2 is 1.79 bits per heavy atom. The van der Waals surface area contributed by atoms with E-state index in [1.807, 2.05) is 13.8 Å². The minimum absolute atomic E-state index is 0.310. The summed E-state index contributed by atoms with van der Waals surface area (Å²) in [4.78, 5) is 10.4. The molecule has 0 aliphatic heterocycles. The van der Waals surface area contributed by atoms with E-state index in [2.05, 4.69) is 0 Å². The molecule has 0 aliphatic carbocycles. The maximum atomic E-state index is 10.4. The molecule has 0 aliphatic rings. The summed E-state index contributed by atoms with van der Waals surface area (Å²) in [6.45, 7) is 10.6. The third kappa shape index (κ3) is 6.86. The molecule has 0 bridgehead atoms. The van der Waals surface area contributed by atoms with Gasteiger partial charge < -0.3 is 15.6 Å². The molecule has 3 N–H and O–H groups in total. The minimum atomic E-state index is -0.850. The van der Waals surface area contributed by atoms with Crippen LogP contribution in [0.25, 0.3) is 0 Å². The van der Waals surface area contributed by atoms with Gasteiger partial charge in [-0.05, 0) is 34.6 Å². The average molecular weight is 205 g/mol. The first-order valence-electron chi connectivity index (χ1n) is 4.87. The summed E-state index contributed by atoms with van der Waals surface area (Å²) in [5.41, 5.74) is 4.58. The highest BCUT2D eigenvalue weighted by atomic mass is 16.5. The SMILES string of the molecule is CC(N)C(C)(C)C(=O)O.CCOCC. The molecule has 0 spiro atoms. The Hall–Kier alpha value is -0.610. The second-order valence-corrected chi connectivity index (χ2v) is 3.60. The average Bonchev–Trinajstić information content (AvgIpc) is 2.06. The topological polar surface area (TPSA) is 72.6 Å². The van der Waals surface area contributed by atoms with E-state index in [0.717, 1.165) is 13.2 Å². The fraction of sp³-hybridized carbons (Fsp3) is 0.900. The van der Waals surface area contributed by atoms with Crippen LogP contribution in [-0.2, 0) is 9.53 Å². The monoisotopic (exact) mass is 205 g/mol. The van der Waals surface area contributed by atoms with E-state index >= 15 is 0 Å². The Morgan fingerprint density at radius 3 is 1.79 bits per heavy atom. The lowest BCUT2D eigenvalue weighted by Crippen LogP contribution is -2.40. The van der Waals surface area contributed by atoms with Crippen LogP contribution in [0, 0.1) is 5.41 Å². The van der Waals surface area contributed by atoms with Crippen molar-refractivity contribution in [1.82, 2.24) is 0 Å². The highest BCUT2D eigenvalue weighted by Gasteiger charge is 2.30. The summed E-state index contributed by atoms with van der Waals surface area (Å²) in [5.74, 6) is -0.850. The Morgan fingerprint density at radius 1 is 1.43 bits per heavy atom. The number of hydrogen-bond donors (Lipinski definition) is 2. The van der Waals surface area contributed by atoms with Gasteiger partial charge in [-0.2, -0.15) is 0 Å². The van der Waals surface area contributed by atoms with Crippen LogP contribution in [0.3, 0.4) is 0 Å². The maximum absolute atomic E-state index is 10.4. The van der Waals surface area contributed by atoms with Gasteiger partial charge in [0.05, 0.1) is 5.41 Å². The zero-order valence-electron chi connectivity index (χ0n) is 9.83. The molecule has 1 atom stereocenters. The number of carboxylic acids is 1. The maximum Gasteiger partial charge on any atom is 0.310 e. The van der Waals surface area contributed by atoms with E-state index in [1.54, 1.807) is 20.8 Å². The van der Waals surface area contributed by atoms with Crippen LogP contribution in [0.1, 0.15) is 34.6 Å². The van der Waals surface area contributed by atoms with Gasteiger partial charge in [-0.15, -0.1) is 0 Å². The van der Waals surface area contributed by atoms with Crippen molar-refractivity contribution in [2.75, 3.05) is 13.2 Å². The van der Waals surface area contributed by atoms with E-state index in [0.29, 0.717) is 0 Å². The molecule has 0 saturated carbocycles. The number of aliphatic carboxylic acids is 1. The molecular formula is C10H23NO3. The molecule has 1 unspecified atom stereocenters. The van der Waals surface area contributed by atoms with Crippen LogP contribution >= 0.6 is 0 Å². The normalized spacial score (nSPS) is 12.7. The van der Waals surface area contributed by atoms with Crippen molar-refractivity contribution in [3.8, 4) is 0 Å². The van der Waals surface area contributed by atoms with Gasteiger partial charge in [0.1, 0.15) is 0 Å². The minimum Gasteiger partial charge on any atom is -0.481 e. The van der Waals surface area contributed by atoms with Crippen molar-refractivity contribution in [2.24, 2.45) is 11.1 Å². The van der Waals surface area contributed by atoms with Gasteiger partial charge in [0, 0.05) is 19.3 Å². The van der Waals surface area contributed by atoms with Crippen molar-refractivity contribution in [1.29, 1.82) is 0 Å². The van der Waals surface area contributed by atoms with Gasteiger partial charge in [0.15, 0.2) is 0 Å². The highest BCUT2D eigenvalue weighted by molar-refractivity contribution is 5.74. The predicted molar refractivity (Wildman–Crippen MR) is 57.2 cm³/mol. The molecule has 86 valence electrons. The van der Waals surface area contributed by atoms with Crippen LogP contribution in [0.4, 0.5) is 0 Å². The van der Waals surface area contributed by atoms with Crippen LogP contribution in [0.2, 0.25) is 0 Å². The summed E-state index contributed by atoms with van der Waals surface area (Å²) in [7, 11) is 0. The van der Waals surface area contributed by atoms with Crippen LogP contribution in [0.5, 0.6) is 0 Å². The van der Waals surface area contributed by atoms with Crippen LogP contribution < -0.4 is 5.73 Å². The standard InChI is InChI=1S/C6H13NO2.C4H10O/c1-4(7)6(2,3)5(8)9;1-3-5-4-2/h4H,7H2,1-3H3,(H,8,9);3-4H2,1-2H3. The Bertz CT molecular complexity index is 153. The summed E-state index contributed by atoms with van der Waals surface area (Å²) in [6, 6.07) is -0.310. The van der Waals surface area contributed by atoms with E-state index in [9.17, 15) is 4.79 Å². The fourth-order valence-corrected chi connectivity index (χ4v) is 0.399. The third-order valence-corrected chi connectivity index (χ3v) is 2.10. The number of nitrogens with two attached hydrogens (primary N) is 1. The summed E-state index contributed by atoms with van der Waals surface area (Å²) < 4.78 is 4.83. The van der Waals surface area contributed by atoms with Gasteiger partial charge in [-0.1, -0.05) is 0 Å².